The first-order chi connectivity index (χ1) is 9.60. The average Bonchev–Trinajstić information content (AvgIpc) is 2.80. The van der Waals surface area contributed by atoms with Crippen molar-refractivity contribution in [1.82, 2.24) is 19.1 Å². The topological polar surface area (TPSA) is 72.7 Å². The number of unbranched alkanes of at least 4 members (excludes halogenated alkanes) is 3. The zero-order chi connectivity index (χ0) is 14.7. The number of aryl methyl sites for hydroxylation is 2. The molecule has 2 rings (SSSR count). The Bertz CT molecular complexity index is 713. The molecule has 0 amide bonds. The molecule has 0 aliphatic heterocycles. The monoisotopic (exact) mass is 296 g/mol. The van der Waals surface area contributed by atoms with Crippen molar-refractivity contribution in [1.29, 1.82) is 0 Å². The lowest BCUT2D eigenvalue weighted by Crippen LogP contribution is -2.29. The molecule has 0 fully saturated rings. The maximum Gasteiger partial charge on any atom is 0.329 e. The molecule has 110 valence electrons. The Labute approximate surface area is 121 Å². The van der Waals surface area contributed by atoms with Gasteiger partial charge in [-0.15, -0.1) is 0 Å². The fraction of sp³-hybridized carbons (Fsp3) is 0.615. The van der Waals surface area contributed by atoms with Crippen molar-refractivity contribution >= 4 is 22.9 Å². The predicted octanol–water partition coefficient (Wildman–Crippen LogP) is 1.73. The normalized spacial score (nSPS) is 11.3. The van der Waals surface area contributed by atoms with Gasteiger partial charge in [0, 0.05) is 13.6 Å². The first-order valence-corrected chi connectivity index (χ1v) is 8.06. The summed E-state index contributed by atoms with van der Waals surface area (Å²) in [7, 11) is 1.62. The highest BCUT2D eigenvalue weighted by atomic mass is 32.2. The number of fused-ring (bicyclic) bond motifs is 1. The maximum absolute atomic E-state index is 12.1. The maximum atomic E-state index is 12.1. The van der Waals surface area contributed by atoms with Crippen molar-refractivity contribution in [2.75, 3.05) is 6.26 Å². The van der Waals surface area contributed by atoms with Crippen LogP contribution < -0.4 is 11.2 Å². The molecule has 0 saturated heterocycles. The van der Waals surface area contributed by atoms with Crippen LogP contribution in [0.15, 0.2) is 14.7 Å². The third-order valence-corrected chi connectivity index (χ3v) is 4.07. The van der Waals surface area contributed by atoms with Crippen molar-refractivity contribution in [2.24, 2.45) is 7.05 Å². The van der Waals surface area contributed by atoms with Gasteiger partial charge in [0.1, 0.15) is 0 Å². The van der Waals surface area contributed by atoms with Crippen LogP contribution in [0.5, 0.6) is 0 Å². The van der Waals surface area contributed by atoms with Crippen LogP contribution in [0.25, 0.3) is 11.2 Å². The van der Waals surface area contributed by atoms with E-state index in [0.29, 0.717) is 11.2 Å². The van der Waals surface area contributed by atoms with Crippen LogP contribution >= 0.6 is 11.8 Å². The molecule has 0 atom stereocenters. The number of thioether (sulfide) groups is 1. The summed E-state index contributed by atoms with van der Waals surface area (Å²) in [5, 5.41) is 0.781. The third kappa shape index (κ3) is 2.67. The van der Waals surface area contributed by atoms with E-state index in [0.717, 1.165) is 24.5 Å². The molecule has 0 unspecified atom stereocenters. The van der Waals surface area contributed by atoms with Gasteiger partial charge in [0.15, 0.2) is 16.3 Å². The first kappa shape index (κ1) is 14.9. The Balaban J connectivity index is 2.49. The van der Waals surface area contributed by atoms with Crippen molar-refractivity contribution in [3.05, 3.63) is 20.8 Å². The number of aromatic nitrogens is 4. The van der Waals surface area contributed by atoms with Gasteiger partial charge >= 0.3 is 5.69 Å². The fourth-order valence-electron chi connectivity index (χ4n) is 2.27. The molecule has 0 spiro atoms. The molecule has 7 heteroatoms. The highest BCUT2D eigenvalue weighted by Crippen LogP contribution is 2.20. The largest absolute Gasteiger partial charge is 0.329 e. The Morgan fingerprint density at radius 3 is 2.65 bits per heavy atom. The number of nitrogens with one attached hydrogen (secondary N) is 1. The van der Waals surface area contributed by atoms with Gasteiger partial charge < -0.3 is 4.57 Å². The molecule has 2 aromatic heterocycles. The summed E-state index contributed by atoms with van der Waals surface area (Å²) in [4.78, 5) is 30.4. The molecule has 6 nitrogen and oxygen atoms in total. The Morgan fingerprint density at radius 2 is 2.00 bits per heavy atom. The van der Waals surface area contributed by atoms with Crippen LogP contribution in [0.2, 0.25) is 0 Å². The van der Waals surface area contributed by atoms with Crippen LogP contribution in [0.1, 0.15) is 32.6 Å². The molecule has 0 bridgehead atoms. The van der Waals surface area contributed by atoms with Crippen LogP contribution in [0, 0.1) is 0 Å². The van der Waals surface area contributed by atoms with Gasteiger partial charge in [0.05, 0.1) is 0 Å². The molecular formula is C13H20N4O2S. The number of hydrogen-bond donors (Lipinski definition) is 1. The van der Waals surface area contributed by atoms with E-state index in [9.17, 15) is 9.59 Å². The van der Waals surface area contributed by atoms with Crippen LogP contribution in [-0.4, -0.2) is 25.4 Å². The van der Waals surface area contributed by atoms with E-state index >= 15 is 0 Å². The zero-order valence-corrected chi connectivity index (χ0v) is 12.9. The van der Waals surface area contributed by atoms with Gasteiger partial charge in [0.25, 0.3) is 5.56 Å². The summed E-state index contributed by atoms with van der Waals surface area (Å²) < 4.78 is 3.31. The number of H-pyrrole nitrogens is 1. The number of hydrogen-bond acceptors (Lipinski definition) is 4. The van der Waals surface area contributed by atoms with Crippen molar-refractivity contribution in [2.45, 2.75) is 44.3 Å². The number of nitrogens with zero attached hydrogens (tertiary/aromatic N) is 3. The first-order valence-electron chi connectivity index (χ1n) is 6.83. The van der Waals surface area contributed by atoms with Gasteiger partial charge in [0.2, 0.25) is 0 Å². The second-order valence-electron chi connectivity index (χ2n) is 4.80. The SMILES string of the molecule is CCCCCCn1c(SC)nc2c1c(=O)[nH]c(=O)n2C. The van der Waals surface area contributed by atoms with Crippen molar-refractivity contribution in [3.63, 3.8) is 0 Å². The van der Waals surface area contributed by atoms with E-state index in [1.165, 1.54) is 29.2 Å². The molecule has 2 aromatic rings. The highest BCUT2D eigenvalue weighted by molar-refractivity contribution is 7.98. The lowest BCUT2D eigenvalue weighted by Gasteiger charge is -2.06. The second-order valence-corrected chi connectivity index (χ2v) is 5.57. The number of rotatable bonds is 6. The molecule has 0 aliphatic rings. The standard InChI is InChI=1S/C13H20N4O2S/c1-4-5-6-7-8-17-9-10(14-13(17)20-3)16(2)12(19)15-11(9)18/h4-8H2,1-3H3,(H,15,18,19). The van der Waals surface area contributed by atoms with Crippen LogP contribution in [-0.2, 0) is 13.6 Å². The van der Waals surface area contributed by atoms with Crippen molar-refractivity contribution < 1.29 is 0 Å². The average molecular weight is 296 g/mol. The summed E-state index contributed by atoms with van der Waals surface area (Å²) >= 11 is 1.49. The summed E-state index contributed by atoms with van der Waals surface area (Å²) in [6.45, 7) is 2.92. The summed E-state index contributed by atoms with van der Waals surface area (Å²) in [6.07, 6.45) is 6.43. The molecule has 20 heavy (non-hydrogen) atoms. The Kier molecular flexibility index (Phi) is 4.69. The fourth-order valence-corrected chi connectivity index (χ4v) is 2.86. The number of imidazole rings is 1. The van der Waals surface area contributed by atoms with E-state index in [2.05, 4.69) is 16.9 Å². The minimum Gasteiger partial charge on any atom is -0.313 e. The van der Waals surface area contributed by atoms with Gasteiger partial charge in [-0.1, -0.05) is 37.9 Å². The molecule has 0 saturated carbocycles. The van der Waals surface area contributed by atoms with Gasteiger partial charge in [-0.2, -0.15) is 0 Å². The minimum atomic E-state index is -0.425. The van der Waals surface area contributed by atoms with Gasteiger partial charge in [-0.25, -0.2) is 9.78 Å². The quantitative estimate of drug-likeness (QED) is 0.651. The highest BCUT2D eigenvalue weighted by Gasteiger charge is 2.16. The predicted molar refractivity (Wildman–Crippen MR) is 81.5 cm³/mol. The second kappa shape index (κ2) is 6.30. The van der Waals surface area contributed by atoms with E-state index < -0.39 is 5.69 Å². The molecule has 2 heterocycles. The molecule has 0 radical (unpaired) electrons. The molecule has 0 aromatic carbocycles. The third-order valence-electron chi connectivity index (χ3n) is 3.39. The summed E-state index contributed by atoms with van der Waals surface area (Å²) in [6, 6.07) is 0. The van der Waals surface area contributed by atoms with Crippen LogP contribution in [0.4, 0.5) is 0 Å². The Morgan fingerprint density at radius 1 is 1.25 bits per heavy atom. The zero-order valence-electron chi connectivity index (χ0n) is 12.1. The van der Waals surface area contributed by atoms with E-state index in [-0.39, 0.29) is 5.56 Å². The van der Waals surface area contributed by atoms with Gasteiger partial charge in [-0.05, 0) is 12.7 Å². The molecule has 1 N–H and O–H groups in total. The molecule has 0 aliphatic carbocycles. The minimum absolute atomic E-state index is 0.355. The smallest absolute Gasteiger partial charge is 0.313 e. The summed E-state index contributed by atoms with van der Waals surface area (Å²) in [5.74, 6) is 0. The van der Waals surface area contributed by atoms with E-state index in [4.69, 9.17) is 0 Å². The molecular weight excluding hydrogens is 276 g/mol. The van der Waals surface area contributed by atoms with E-state index in [1.807, 2.05) is 10.8 Å². The lowest BCUT2D eigenvalue weighted by atomic mass is 10.2. The van der Waals surface area contributed by atoms with Crippen LogP contribution in [0.3, 0.4) is 0 Å². The number of aromatic amines is 1. The lowest BCUT2D eigenvalue weighted by molar-refractivity contribution is 0.562. The van der Waals surface area contributed by atoms with Gasteiger partial charge in [-0.3, -0.25) is 14.3 Å². The summed E-state index contributed by atoms with van der Waals surface area (Å²) in [5.41, 5.74) is 0.170. The Hall–Kier alpha value is -1.50. The van der Waals surface area contributed by atoms with E-state index in [1.54, 1.807) is 7.05 Å². The van der Waals surface area contributed by atoms with Crippen molar-refractivity contribution in [3.8, 4) is 0 Å².